The van der Waals surface area contributed by atoms with Crippen LogP contribution in [0.1, 0.15) is 80.1 Å². The Balaban J connectivity index is 1.77. The molecular weight excluding hydrogens is 384 g/mol. The molecule has 0 radical (unpaired) electrons. The number of aryl methyl sites for hydroxylation is 2. The van der Waals surface area contributed by atoms with Gasteiger partial charge in [0.2, 0.25) is 0 Å². The molecule has 0 bridgehead atoms. The number of amides is 1. The maximum atomic E-state index is 12.9. The molecule has 1 saturated carbocycles. The van der Waals surface area contributed by atoms with Crippen molar-refractivity contribution >= 4 is 5.91 Å². The van der Waals surface area contributed by atoms with E-state index in [-0.39, 0.29) is 28.9 Å². The second-order valence-corrected chi connectivity index (χ2v) is 10.4. The summed E-state index contributed by atoms with van der Waals surface area (Å²) in [6.45, 7) is 16.7. The number of ether oxygens (including phenoxy) is 1. The van der Waals surface area contributed by atoms with Crippen LogP contribution in [0.25, 0.3) is 0 Å². The van der Waals surface area contributed by atoms with E-state index in [1.54, 1.807) is 0 Å². The van der Waals surface area contributed by atoms with Gasteiger partial charge in [0, 0.05) is 22.4 Å². The van der Waals surface area contributed by atoms with Crippen molar-refractivity contribution in [2.75, 3.05) is 0 Å². The highest BCUT2D eigenvalue weighted by molar-refractivity contribution is 5.94. The largest absolute Gasteiger partial charge is 0.489 e. The van der Waals surface area contributed by atoms with Crippen LogP contribution in [0.5, 0.6) is 5.75 Å². The standard InChI is InChI=1S/C27H34N2O2/c1-16(2)19-9-11-20(12-10-19)23(30)29-24-26(5,6)25(27(24,7)8)31-21-13-17(3)22(15-28)18(4)14-21/h9-14,16,24-25H,1-8H3,(H,29,30). The Bertz CT molecular complexity index is 987. The number of nitrogens with one attached hydrogen (secondary N) is 1. The number of nitriles is 1. The van der Waals surface area contributed by atoms with E-state index in [0.717, 1.165) is 16.9 Å². The number of carbonyl (C=O) groups excluding carboxylic acids is 1. The van der Waals surface area contributed by atoms with Gasteiger partial charge in [0.1, 0.15) is 11.9 Å². The van der Waals surface area contributed by atoms with Crippen molar-refractivity contribution in [3.05, 3.63) is 64.2 Å². The maximum absolute atomic E-state index is 12.9. The molecule has 0 unspecified atom stereocenters. The minimum atomic E-state index is -0.243. The van der Waals surface area contributed by atoms with E-state index in [0.29, 0.717) is 17.0 Å². The zero-order valence-corrected chi connectivity index (χ0v) is 20.0. The van der Waals surface area contributed by atoms with Gasteiger partial charge in [-0.05, 0) is 60.7 Å². The van der Waals surface area contributed by atoms with Gasteiger partial charge in [0.15, 0.2) is 0 Å². The van der Waals surface area contributed by atoms with Crippen LogP contribution in [0.4, 0.5) is 0 Å². The quantitative estimate of drug-likeness (QED) is 0.656. The maximum Gasteiger partial charge on any atom is 0.251 e. The normalized spacial score (nSPS) is 21.2. The summed E-state index contributed by atoms with van der Waals surface area (Å²) >= 11 is 0. The Kier molecular flexibility index (Phi) is 5.93. The Morgan fingerprint density at radius 2 is 1.55 bits per heavy atom. The first kappa shape index (κ1) is 22.9. The summed E-state index contributed by atoms with van der Waals surface area (Å²) in [5.41, 5.74) is 3.96. The molecule has 3 rings (SSSR count). The summed E-state index contributed by atoms with van der Waals surface area (Å²) < 4.78 is 6.44. The minimum Gasteiger partial charge on any atom is -0.489 e. The average Bonchev–Trinajstić information content (AvgIpc) is 2.69. The van der Waals surface area contributed by atoms with Crippen molar-refractivity contribution in [2.45, 2.75) is 73.5 Å². The minimum absolute atomic E-state index is 0.0251. The lowest BCUT2D eigenvalue weighted by atomic mass is 9.49. The van der Waals surface area contributed by atoms with Crippen LogP contribution < -0.4 is 10.1 Å². The summed E-state index contributed by atoms with van der Waals surface area (Å²) in [4.78, 5) is 12.9. The van der Waals surface area contributed by atoms with Gasteiger partial charge >= 0.3 is 0 Å². The van der Waals surface area contributed by atoms with Crippen LogP contribution in [-0.2, 0) is 0 Å². The third-order valence-electron chi connectivity index (χ3n) is 6.83. The number of rotatable bonds is 5. The molecular formula is C27H34N2O2. The molecule has 2 aromatic carbocycles. The topological polar surface area (TPSA) is 62.1 Å². The van der Waals surface area contributed by atoms with E-state index < -0.39 is 0 Å². The van der Waals surface area contributed by atoms with E-state index >= 15 is 0 Å². The van der Waals surface area contributed by atoms with E-state index in [1.807, 2.05) is 50.2 Å². The third kappa shape index (κ3) is 4.06. The second-order valence-electron chi connectivity index (χ2n) is 10.4. The molecule has 0 aromatic heterocycles. The Hall–Kier alpha value is -2.80. The van der Waals surface area contributed by atoms with Crippen LogP contribution in [0.15, 0.2) is 36.4 Å². The van der Waals surface area contributed by atoms with E-state index in [2.05, 4.69) is 52.9 Å². The number of hydrogen-bond acceptors (Lipinski definition) is 3. The summed E-state index contributed by atoms with van der Waals surface area (Å²) in [6.07, 6.45) is -0.0691. The fraction of sp³-hybridized carbons (Fsp3) is 0.481. The molecule has 2 aromatic rings. The van der Waals surface area contributed by atoms with Crippen LogP contribution in [0.2, 0.25) is 0 Å². The fourth-order valence-electron chi connectivity index (χ4n) is 5.34. The molecule has 1 aliphatic carbocycles. The van der Waals surface area contributed by atoms with E-state index in [1.165, 1.54) is 5.56 Å². The fourth-order valence-corrected chi connectivity index (χ4v) is 5.34. The third-order valence-corrected chi connectivity index (χ3v) is 6.83. The lowest BCUT2D eigenvalue weighted by Crippen LogP contribution is -2.74. The van der Waals surface area contributed by atoms with Gasteiger partial charge in [-0.25, -0.2) is 0 Å². The molecule has 1 amide bonds. The molecule has 1 fully saturated rings. The van der Waals surface area contributed by atoms with Crippen LogP contribution in [0, 0.1) is 36.0 Å². The Morgan fingerprint density at radius 3 is 2.00 bits per heavy atom. The van der Waals surface area contributed by atoms with Gasteiger partial charge in [-0.15, -0.1) is 0 Å². The van der Waals surface area contributed by atoms with Crippen molar-refractivity contribution < 1.29 is 9.53 Å². The van der Waals surface area contributed by atoms with Gasteiger partial charge in [0.05, 0.1) is 11.6 Å². The number of nitrogens with zero attached hydrogens (tertiary/aromatic N) is 1. The lowest BCUT2D eigenvalue weighted by Gasteiger charge is -2.63. The van der Waals surface area contributed by atoms with Gasteiger partial charge < -0.3 is 10.1 Å². The summed E-state index contributed by atoms with van der Waals surface area (Å²) in [6, 6.07) is 13.9. The molecule has 0 atom stereocenters. The molecule has 0 saturated heterocycles. The first-order valence-corrected chi connectivity index (χ1v) is 11.0. The molecule has 4 heteroatoms. The van der Waals surface area contributed by atoms with Crippen LogP contribution >= 0.6 is 0 Å². The van der Waals surface area contributed by atoms with Crippen molar-refractivity contribution in [1.29, 1.82) is 5.26 Å². The summed E-state index contributed by atoms with van der Waals surface area (Å²) in [5.74, 6) is 1.16. The zero-order chi connectivity index (χ0) is 23.1. The summed E-state index contributed by atoms with van der Waals surface area (Å²) in [5, 5.41) is 12.6. The van der Waals surface area contributed by atoms with Crippen LogP contribution in [0.3, 0.4) is 0 Å². The van der Waals surface area contributed by atoms with Crippen LogP contribution in [-0.4, -0.2) is 18.1 Å². The molecule has 0 spiro atoms. The smallest absolute Gasteiger partial charge is 0.251 e. The molecule has 0 heterocycles. The SMILES string of the molecule is Cc1cc(OC2C(C)(C)C(NC(=O)c3ccc(C(C)C)cc3)C2(C)C)cc(C)c1C#N. The molecule has 31 heavy (non-hydrogen) atoms. The molecule has 4 nitrogen and oxygen atoms in total. The monoisotopic (exact) mass is 418 g/mol. The zero-order valence-electron chi connectivity index (χ0n) is 20.0. The number of carbonyl (C=O) groups is 1. The predicted molar refractivity (Wildman–Crippen MR) is 124 cm³/mol. The highest BCUT2D eigenvalue weighted by Crippen LogP contribution is 2.55. The van der Waals surface area contributed by atoms with Gasteiger partial charge in [-0.3, -0.25) is 4.79 Å². The Morgan fingerprint density at radius 1 is 1.03 bits per heavy atom. The van der Waals surface area contributed by atoms with Crippen molar-refractivity contribution in [1.82, 2.24) is 5.32 Å². The number of hydrogen-bond donors (Lipinski definition) is 1. The molecule has 164 valence electrons. The second kappa shape index (κ2) is 8.04. The van der Waals surface area contributed by atoms with Gasteiger partial charge in [-0.1, -0.05) is 53.7 Å². The first-order valence-electron chi connectivity index (χ1n) is 11.0. The van der Waals surface area contributed by atoms with E-state index in [4.69, 9.17) is 4.74 Å². The first-order chi connectivity index (χ1) is 14.4. The molecule has 1 N–H and O–H groups in total. The van der Waals surface area contributed by atoms with Gasteiger partial charge in [-0.2, -0.15) is 5.26 Å². The van der Waals surface area contributed by atoms with Crippen molar-refractivity contribution in [3.8, 4) is 11.8 Å². The predicted octanol–water partition coefficient (Wildman–Crippen LogP) is 5.91. The average molecular weight is 419 g/mol. The van der Waals surface area contributed by atoms with E-state index in [9.17, 15) is 10.1 Å². The molecule has 1 aliphatic rings. The summed E-state index contributed by atoms with van der Waals surface area (Å²) in [7, 11) is 0. The van der Waals surface area contributed by atoms with Gasteiger partial charge in [0.25, 0.3) is 5.91 Å². The van der Waals surface area contributed by atoms with Crippen molar-refractivity contribution in [3.63, 3.8) is 0 Å². The highest BCUT2D eigenvalue weighted by atomic mass is 16.5. The molecule has 0 aliphatic heterocycles. The number of benzene rings is 2. The highest BCUT2D eigenvalue weighted by Gasteiger charge is 2.64. The lowest BCUT2D eigenvalue weighted by molar-refractivity contribution is -0.164. The Labute approximate surface area is 186 Å². The van der Waals surface area contributed by atoms with Crippen molar-refractivity contribution in [2.24, 2.45) is 10.8 Å².